The standard InChI is InChI=1S/C17H12BrN3O3S/c18-12-1-3-13(4-2-12)20-15(22)10-21-16(23)14(25-17(21)24)9-11-5-7-19-8-6-11/h1-9H,10H2,(H,20,22)/b14-9+. The maximum absolute atomic E-state index is 12.4. The summed E-state index contributed by atoms with van der Waals surface area (Å²) in [4.78, 5) is 41.6. The van der Waals surface area contributed by atoms with Gasteiger partial charge in [-0.05, 0) is 59.8 Å². The molecule has 1 N–H and O–H groups in total. The van der Waals surface area contributed by atoms with Crippen molar-refractivity contribution in [2.45, 2.75) is 0 Å². The Kier molecular flexibility index (Phi) is 5.30. The zero-order chi connectivity index (χ0) is 17.8. The minimum atomic E-state index is -0.474. The van der Waals surface area contributed by atoms with Crippen LogP contribution in [0.5, 0.6) is 0 Å². The molecule has 1 aromatic carbocycles. The highest BCUT2D eigenvalue weighted by molar-refractivity contribution is 9.10. The van der Waals surface area contributed by atoms with Crippen LogP contribution < -0.4 is 5.32 Å². The summed E-state index contributed by atoms with van der Waals surface area (Å²) >= 11 is 4.13. The molecule has 6 nitrogen and oxygen atoms in total. The topological polar surface area (TPSA) is 79.4 Å². The number of nitrogens with zero attached hydrogens (tertiary/aromatic N) is 2. The molecule has 2 aromatic rings. The van der Waals surface area contributed by atoms with Crippen LogP contribution in [0.3, 0.4) is 0 Å². The number of carbonyl (C=O) groups is 3. The molecule has 0 spiro atoms. The Morgan fingerprint density at radius 3 is 2.52 bits per heavy atom. The van der Waals surface area contributed by atoms with Crippen LogP contribution in [0.15, 0.2) is 58.2 Å². The van der Waals surface area contributed by atoms with E-state index < -0.39 is 17.1 Å². The van der Waals surface area contributed by atoms with E-state index >= 15 is 0 Å². The van der Waals surface area contributed by atoms with Crippen LogP contribution in [-0.4, -0.2) is 33.5 Å². The predicted molar refractivity (Wildman–Crippen MR) is 99.7 cm³/mol. The Balaban J connectivity index is 1.67. The van der Waals surface area contributed by atoms with Gasteiger partial charge in [0, 0.05) is 22.6 Å². The molecule has 0 atom stereocenters. The van der Waals surface area contributed by atoms with Crippen molar-refractivity contribution in [1.29, 1.82) is 0 Å². The first-order chi connectivity index (χ1) is 12.0. The lowest BCUT2D eigenvalue weighted by Gasteiger charge is -2.12. The van der Waals surface area contributed by atoms with Crippen molar-refractivity contribution in [2.75, 3.05) is 11.9 Å². The number of aromatic nitrogens is 1. The Bertz CT molecular complexity index is 853. The summed E-state index contributed by atoms with van der Waals surface area (Å²) in [7, 11) is 0. The van der Waals surface area contributed by atoms with Crippen molar-refractivity contribution in [2.24, 2.45) is 0 Å². The van der Waals surface area contributed by atoms with Gasteiger partial charge in [0.05, 0.1) is 4.91 Å². The number of imide groups is 1. The van der Waals surface area contributed by atoms with Crippen LogP contribution in [0.1, 0.15) is 5.56 Å². The second-order valence-electron chi connectivity index (χ2n) is 5.10. The quantitative estimate of drug-likeness (QED) is 0.769. The Labute approximate surface area is 156 Å². The van der Waals surface area contributed by atoms with Gasteiger partial charge < -0.3 is 5.32 Å². The fourth-order valence-corrected chi connectivity index (χ4v) is 3.23. The normalized spacial score (nSPS) is 15.7. The van der Waals surface area contributed by atoms with E-state index in [1.807, 2.05) is 0 Å². The maximum atomic E-state index is 12.4. The summed E-state index contributed by atoms with van der Waals surface area (Å²) in [5.41, 5.74) is 1.35. The SMILES string of the molecule is O=C(CN1C(=O)S/C(=C/c2ccncc2)C1=O)Nc1ccc(Br)cc1. The fourth-order valence-electron chi connectivity index (χ4n) is 2.12. The van der Waals surface area contributed by atoms with Gasteiger partial charge in [-0.1, -0.05) is 15.9 Å². The molecule has 1 aliphatic heterocycles. The van der Waals surface area contributed by atoms with E-state index in [0.717, 1.165) is 26.7 Å². The number of rotatable bonds is 4. The van der Waals surface area contributed by atoms with Crippen molar-refractivity contribution in [3.8, 4) is 0 Å². The first-order valence-electron chi connectivity index (χ1n) is 7.24. The first kappa shape index (κ1) is 17.4. The number of pyridine rings is 1. The number of nitrogens with one attached hydrogen (secondary N) is 1. The van der Waals surface area contributed by atoms with Crippen molar-refractivity contribution in [3.05, 3.63) is 63.7 Å². The van der Waals surface area contributed by atoms with Gasteiger partial charge in [-0.2, -0.15) is 0 Å². The fraction of sp³-hybridized carbons (Fsp3) is 0.0588. The second kappa shape index (κ2) is 7.62. The number of anilines is 1. The smallest absolute Gasteiger partial charge is 0.294 e. The third-order valence-corrected chi connectivity index (χ3v) is 4.74. The molecule has 1 aromatic heterocycles. The molecule has 0 radical (unpaired) electrons. The van der Waals surface area contributed by atoms with Gasteiger partial charge in [-0.25, -0.2) is 0 Å². The zero-order valence-electron chi connectivity index (χ0n) is 12.8. The predicted octanol–water partition coefficient (Wildman–Crippen LogP) is 3.52. The van der Waals surface area contributed by atoms with E-state index in [9.17, 15) is 14.4 Å². The highest BCUT2D eigenvalue weighted by Gasteiger charge is 2.36. The van der Waals surface area contributed by atoms with Gasteiger partial charge in [-0.3, -0.25) is 24.3 Å². The molecule has 0 aliphatic carbocycles. The van der Waals surface area contributed by atoms with Crippen LogP contribution in [-0.2, 0) is 9.59 Å². The molecule has 1 fully saturated rings. The number of carbonyl (C=O) groups excluding carboxylic acids is 3. The minimum absolute atomic E-state index is 0.285. The Morgan fingerprint density at radius 1 is 1.16 bits per heavy atom. The van der Waals surface area contributed by atoms with E-state index in [1.54, 1.807) is 54.9 Å². The number of hydrogen-bond acceptors (Lipinski definition) is 5. The molecule has 126 valence electrons. The average Bonchev–Trinajstić information content (AvgIpc) is 2.85. The number of benzene rings is 1. The minimum Gasteiger partial charge on any atom is -0.325 e. The Morgan fingerprint density at radius 2 is 1.84 bits per heavy atom. The highest BCUT2D eigenvalue weighted by atomic mass is 79.9. The number of halogens is 1. The molecule has 25 heavy (non-hydrogen) atoms. The summed E-state index contributed by atoms with van der Waals surface area (Å²) in [6.07, 6.45) is 4.81. The second-order valence-corrected chi connectivity index (χ2v) is 7.01. The lowest BCUT2D eigenvalue weighted by atomic mass is 10.2. The van der Waals surface area contributed by atoms with Crippen molar-refractivity contribution < 1.29 is 14.4 Å². The van der Waals surface area contributed by atoms with E-state index in [0.29, 0.717) is 5.69 Å². The van der Waals surface area contributed by atoms with Crippen molar-refractivity contribution >= 4 is 56.5 Å². The summed E-state index contributed by atoms with van der Waals surface area (Å²) in [6.45, 7) is -0.325. The van der Waals surface area contributed by atoms with Gasteiger partial charge in [-0.15, -0.1) is 0 Å². The molecular formula is C17H12BrN3O3S. The third-order valence-electron chi connectivity index (χ3n) is 3.31. The van der Waals surface area contributed by atoms with Crippen LogP contribution in [0.2, 0.25) is 0 Å². The van der Waals surface area contributed by atoms with E-state index in [1.165, 1.54) is 0 Å². The third kappa shape index (κ3) is 4.34. The van der Waals surface area contributed by atoms with Crippen LogP contribution in [0, 0.1) is 0 Å². The molecule has 8 heteroatoms. The van der Waals surface area contributed by atoms with Gasteiger partial charge in [0.25, 0.3) is 11.1 Å². The number of hydrogen-bond donors (Lipinski definition) is 1. The molecule has 3 rings (SSSR count). The molecule has 2 heterocycles. The van der Waals surface area contributed by atoms with E-state index in [-0.39, 0.29) is 11.4 Å². The average molecular weight is 418 g/mol. The van der Waals surface area contributed by atoms with Crippen LogP contribution in [0.25, 0.3) is 6.08 Å². The summed E-state index contributed by atoms with van der Waals surface area (Å²) in [5, 5.41) is 2.20. The molecule has 0 unspecified atom stereocenters. The van der Waals surface area contributed by atoms with Crippen LogP contribution >= 0.6 is 27.7 Å². The monoisotopic (exact) mass is 417 g/mol. The molecule has 1 saturated heterocycles. The molecule has 0 saturated carbocycles. The lowest BCUT2D eigenvalue weighted by Crippen LogP contribution is -2.36. The number of thioether (sulfide) groups is 1. The van der Waals surface area contributed by atoms with Crippen molar-refractivity contribution in [3.63, 3.8) is 0 Å². The molecule has 3 amide bonds. The van der Waals surface area contributed by atoms with Crippen molar-refractivity contribution in [1.82, 2.24) is 9.88 Å². The van der Waals surface area contributed by atoms with Gasteiger partial charge in [0.15, 0.2) is 0 Å². The number of amides is 3. The Hall–Kier alpha value is -2.45. The largest absolute Gasteiger partial charge is 0.325 e. The maximum Gasteiger partial charge on any atom is 0.294 e. The van der Waals surface area contributed by atoms with Gasteiger partial charge in [0.2, 0.25) is 5.91 Å². The first-order valence-corrected chi connectivity index (χ1v) is 8.85. The van der Waals surface area contributed by atoms with Gasteiger partial charge >= 0.3 is 0 Å². The van der Waals surface area contributed by atoms with Gasteiger partial charge in [0.1, 0.15) is 6.54 Å². The summed E-state index contributed by atoms with van der Waals surface area (Å²) in [5.74, 6) is -0.910. The summed E-state index contributed by atoms with van der Waals surface area (Å²) in [6, 6.07) is 10.5. The lowest BCUT2D eigenvalue weighted by molar-refractivity contribution is -0.127. The highest BCUT2D eigenvalue weighted by Crippen LogP contribution is 2.32. The molecular weight excluding hydrogens is 406 g/mol. The zero-order valence-corrected chi connectivity index (χ0v) is 15.2. The van der Waals surface area contributed by atoms with E-state index in [2.05, 4.69) is 26.2 Å². The van der Waals surface area contributed by atoms with E-state index in [4.69, 9.17) is 0 Å². The molecule has 1 aliphatic rings. The molecule has 0 bridgehead atoms. The summed E-state index contributed by atoms with van der Waals surface area (Å²) < 4.78 is 0.887. The van der Waals surface area contributed by atoms with Crippen LogP contribution in [0.4, 0.5) is 10.5 Å².